The predicted molar refractivity (Wildman–Crippen MR) is 131 cm³/mol. The summed E-state index contributed by atoms with van der Waals surface area (Å²) in [5.41, 5.74) is 2.37. The Morgan fingerprint density at radius 1 is 1.14 bits per heavy atom. The summed E-state index contributed by atoms with van der Waals surface area (Å²) >= 11 is 0. The number of nitrogens with zero attached hydrogens (tertiary/aromatic N) is 2. The molecule has 1 aromatic heterocycles. The van der Waals surface area contributed by atoms with E-state index in [0.717, 1.165) is 23.3 Å². The number of amides is 1. The lowest BCUT2D eigenvalue weighted by Gasteiger charge is -2.30. The predicted octanol–water partition coefficient (Wildman–Crippen LogP) is 4.46. The number of halogens is 2. The van der Waals surface area contributed by atoms with E-state index in [2.05, 4.69) is 10.5 Å². The van der Waals surface area contributed by atoms with Crippen LogP contribution < -0.4 is 5.32 Å². The number of sulfonamides is 1. The van der Waals surface area contributed by atoms with Crippen LogP contribution in [-0.2, 0) is 21.4 Å². The molecule has 7 nitrogen and oxygen atoms in total. The zero-order chi connectivity index (χ0) is 25.9. The molecule has 1 amide bonds. The summed E-state index contributed by atoms with van der Waals surface area (Å²) in [6.07, 6.45) is 3.37. The zero-order valence-corrected chi connectivity index (χ0v) is 20.8. The fraction of sp³-hybridized carbons (Fsp3) is 0.308. The highest BCUT2D eigenvalue weighted by atomic mass is 32.2. The van der Waals surface area contributed by atoms with E-state index in [1.54, 1.807) is 0 Å². The van der Waals surface area contributed by atoms with Crippen molar-refractivity contribution in [3.05, 3.63) is 82.2 Å². The topological polar surface area (TPSA) is 92.5 Å². The fourth-order valence-electron chi connectivity index (χ4n) is 4.24. The van der Waals surface area contributed by atoms with Gasteiger partial charge in [0.25, 0.3) is 0 Å². The number of benzene rings is 2. The molecule has 0 saturated carbocycles. The van der Waals surface area contributed by atoms with E-state index in [0.29, 0.717) is 19.4 Å². The van der Waals surface area contributed by atoms with Gasteiger partial charge >= 0.3 is 0 Å². The Balaban J connectivity index is 1.42. The molecule has 0 unspecified atom stereocenters. The highest BCUT2D eigenvalue weighted by molar-refractivity contribution is 7.89. The average molecular weight is 516 g/mol. The lowest BCUT2D eigenvalue weighted by atomic mass is 9.97. The Morgan fingerprint density at radius 3 is 2.58 bits per heavy atom. The molecule has 190 valence electrons. The first kappa shape index (κ1) is 25.7. The smallest absolute Gasteiger partial charge is 0.248 e. The molecule has 36 heavy (non-hydrogen) atoms. The average Bonchev–Trinajstić information content (AvgIpc) is 3.23. The number of rotatable bonds is 7. The number of aryl methyl sites for hydroxylation is 2. The van der Waals surface area contributed by atoms with Gasteiger partial charge in [-0.25, -0.2) is 17.2 Å². The van der Waals surface area contributed by atoms with E-state index >= 15 is 0 Å². The van der Waals surface area contributed by atoms with E-state index in [4.69, 9.17) is 4.52 Å². The molecule has 2 aromatic carbocycles. The van der Waals surface area contributed by atoms with E-state index in [1.165, 1.54) is 29.4 Å². The number of carbonyl (C=O) groups excluding carboxylic acids is 1. The van der Waals surface area contributed by atoms with Crippen LogP contribution in [0.3, 0.4) is 0 Å². The lowest BCUT2D eigenvalue weighted by Crippen LogP contribution is -2.43. The minimum Gasteiger partial charge on any atom is -0.355 e. The van der Waals surface area contributed by atoms with Crippen LogP contribution in [0.4, 0.5) is 8.78 Å². The van der Waals surface area contributed by atoms with Gasteiger partial charge in [0.1, 0.15) is 17.3 Å². The maximum absolute atomic E-state index is 14.0. The van der Waals surface area contributed by atoms with Gasteiger partial charge < -0.3 is 9.84 Å². The van der Waals surface area contributed by atoms with Crippen LogP contribution in [0.15, 0.2) is 51.9 Å². The van der Waals surface area contributed by atoms with Gasteiger partial charge in [-0.1, -0.05) is 35.0 Å². The molecule has 2 heterocycles. The number of carbonyl (C=O) groups is 1. The van der Waals surface area contributed by atoms with Crippen LogP contribution in [-0.4, -0.2) is 36.9 Å². The minimum atomic E-state index is -3.97. The Hall–Kier alpha value is -3.37. The van der Waals surface area contributed by atoms with Crippen molar-refractivity contribution in [1.82, 2.24) is 14.8 Å². The molecule has 0 aliphatic carbocycles. The largest absolute Gasteiger partial charge is 0.355 e. The standard InChI is InChI=1S/C26H27F2N3O4S/c1-17-4-3-5-19(14-17)16-29-26(32)21-10-12-31(13-11-21)36(33,34)25-18(2)30-35-24(25)9-7-20-6-8-22(27)15-23(20)28/h3-9,14-15,21H,10-13,16H2,1-2H3,(H,29,32)/b9-7+. The molecule has 0 radical (unpaired) electrons. The Bertz CT molecular complexity index is 1390. The first-order chi connectivity index (χ1) is 17.1. The maximum Gasteiger partial charge on any atom is 0.248 e. The van der Waals surface area contributed by atoms with Gasteiger partial charge in [0.15, 0.2) is 10.7 Å². The second kappa shape index (κ2) is 10.7. The van der Waals surface area contributed by atoms with E-state index in [9.17, 15) is 22.0 Å². The summed E-state index contributed by atoms with van der Waals surface area (Å²) in [4.78, 5) is 12.5. The molecule has 1 aliphatic rings. The van der Waals surface area contributed by atoms with Gasteiger partial charge in [-0.3, -0.25) is 4.79 Å². The Labute approximate surface area is 208 Å². The first-order valence-electron chi connectivity index (χ1n) is 11.6. The van der Waals surface area contributed by atoms with Gasteiger partial charge in [0, 0.05) is 37.2 Å². The lowest BCUT2D eigenvalue weighted by molar-refractivity contribution is -0.126. The van der Waals surface area contributed by atoms with Crippen LogP contribution >= 0.6 is 0 Å². The number of aromatic nitrogens is 1. The molecule has 1 aliphatic heterocycles. The molecule has 1 fully saturated rings. The van der Waals surface area contributed by atoms with E-state index in [-0.39, 0.29) is 46.8 Å². The summed E-state index contributed by atoms with van der Waals surface area (Å²) in [7, 11) is -3.97. The van der Waals surface area contributed by atoms with Crippen molar-refractivity contribution < 1.29 is 26.5 Å². The molecule has 1 saturated heterocycles. The molecule has 0 atom stereocenters. The van der Waals surface area contributed by atoms with Crippen LogP contribution in [0.5, 0.6) is 0 Å². The van der Waals surface area contributed by atoms with Crippen molar-refractivity contribution >= 4 is 28.1 Å². The summed E-state index contributed by atoms with van der Waals surface area (Å²) in [5.74, 6) is -1.93. The Kier molecular flexibility index (Phi) is 7.65. The molecule has 0 spiro atoms. The maximum atomic E-state index is 14.0. The second-order valence-corrected chi connectivity index (χ2v) is 10.7. The van der Waals surface area contributed by atoms with Crippen LogP contribution in [0.2, 0.25) is 0 Å². The third-order valence-corrected chi connectivity index (χ3v) is 8.24. The first-order valence-corrected chi connectivity index (χ1v) is 13.0. The van der Waals surface area contributed by atoms with Crippen LogP contribution in [0, 0.1) is 31.4 Å². The zero-order valence-electron chi connectivity index (χ0n) is 20.0. The van der Waals surface area contributed by atoms with Crippen molar-refractivity contribution in [2.75, 3.05) is 13.1 Å². The number of nitrogens with one attached hydrogen (secondary N) is 1. The van der Waals surface area contributed by atoms with Crippen molar-refractivity contribution in [1.29, 1.82) is 0 Å². The van der Waals surface area contributed by atoms with Gasteiger partial charge in [-0.2, -0.15) is 4.31 Å². The SMILES string of the molecule is Cc1cccc(CNC(=O)C2CCN(S(=O)(=O)c3c(C)noc3/C=C/c3ccc(F)cc3F)CC2)c1. The summed E-state index contributed by atoms with van der Waals surface area (Å²) in [6.45, 7) is 4.26. The summed E-state index contributed by atoms with van der Waals surface area (Å²) in [6, 6.07) is 11.0. The van der Waals surface area contributed by atoms with Crippen molar-refractivity contribution in [2.45, 2.75) is 38.1 Å². The van der Waals surface area contributed by atoms with E-state index in [1.807, 2.05) is 31.2 Å². The number of piperidine rings is 1. The molecule has 1 N–H and O–H groups in total. The third kappa shape index (κ3) is 5.71. The quantitative estimate of drug-likeness (QED) is 0.502. The summed E-state index contributed by atoms with van der Waals surface area (Å²) in [5, 5.41) is 6.72. The van der Waals surface area contributed by atoms with Crippen LogP contribution in [0.25, 0.3) is 12.2 Å². The number of hydrogen-bond donors (Lipinski definition) is 1. The highest BCUT2D eigenvalue weighted by Crippen LogP contribution is 2.29. The van der Waals surface area contributed by atoms with Crippen molar-refractivity contribution in [3.8, 4) is 0 Å². The number of hydrogen-bond acceptors (Lipinski definition) is 5. The van der Waals surface area contributed by atoms with Crippen molar-refractivity contribution in [2.24, 2.45) is 5.92 Å². The molecule has 10 heteroatoms. The van der Waals surface area contributed by atoms with Crippen molar-refractivity contribution in [3.63, 3.8) is 0 Å². The fourth-order valence-corrected chi connectivity index (χ4v) is 5.96. The minimum absolute atomic E-state index is 0.0470. The monoisotopic (exact) mass is 515 g/mol. The van der Waals surface area contributed by atoms with Gasteiger partial charge in [0.2, 0.25) is 15.9 Å². The molecule has 4 rings (SSSR count). The second-order valence-electron chi connectivity index (χ2n) is 8.85. The highest BCUT2D eigenvalue weighted by Gasteiger charge is 2.35. The third-order valence-electron chi connectivity index (χ3n) is 6.18. The normalized spacial score (nSPS) is 15.4. The molecule has 0 bridgehead atoms. The molecule has 3 aromatic rings. The van der Waals surface area contributed by atoms with Gasteiger partial charge in [-0.15, -0.1) is 0 Å². The molecular formula is C26H27F2N3O4S. The van der Waals surface area contributed by atoms with Gasteiger partial charge in [0.05, 0.1) is 0 Å². The van der Waals surface area contributed by atoms with Gasteiger partial charge in [-0.05, 0) is 56.5 Å². The Morgan fingerprint density at radius 2 is 1.89 bits per heavy atom. The molecular weight excluding hydrogens is 488 g/mol. The van der Waals surface area contributed by atoms with E-state index < -0.39 is 21.7 Å². The summed E-state index contributed by atoms with van der Waals surface area (Å²) < 4.78 is 60.4. The van der Waals surface area contributed by atoms with Crippen LogP contribution in [0.1, 0.15) is 41.0 Å².